The number of nitrogens with one attached hydrogen (secondary N) is 1. The van der Waals surface area contributed by atoms with E-state index in [0.717, 1.165) is 33.8 Å². The van der Waals surface area contributed by atoms with Crippen LogP contribution >= 0.6 is 0 Å². The molecule has 0 bridgehead atoms. The Morgan fingerprint density at radius 1 is 1.09 bits per heavy atom. The number of aromatic nitrogens is 2. The van der Waals surface area contributed by atoms with Crippen LogP contribution in [0.3, 0.4) is 0 Å². The van der Waals surface area contributed by atoms with E-state index in [-0.39, 0.29) is 12.1 Å². The van der Waals surface area contributed by atoms with Gasteiger partial charge in [-0.25, -0.2) is 14.8 Å². The Hall–Kier alpha value is -3.81. The van der Waals surface area contributed by atoms with Gasteiger partial charge in [0.25, 0.3) is 0 Å². The highest BCUT2D eigenvalue weighted by Crippen LogP contribution is 2.35. The Bertz CT molecular complexity index is 1210. The lowest BCUT2D eigenvalue weighted by Crippen LogP contribution is -2.41. The average Bonchev–Trinajstić information content (AvgIpc) is 3.09. The van der Waals surface area contributed by atoms with Gasteiger partial charge in [-0.2, -0.15) is 5.10 Å². The van der Waals surface area contributed by atoms with Crippen LogP contribution in [0.1, 0.15) is 29.4 Å². The zero-order valence-corrected chi connectivity index (χ0v) is 19.8. The lowest BCUT2D eigenvalue weighted by molar-refractivity contribution is 0.184. The van der Waals surface area contributed by atoms with Gasteiger partial charge in [-0.1, -0.05) is 24.3 Å². The number of amides is 2. The van der Waals surface area contributed by atoms with Crippen LogP contribution in [-0.2, 0) is 13.5 Å². The first-order chi connectivity index (χ1) is 15.9. The van der Waals surface area contributed by atoms with Gasteiger partial charge in [-0.05, 0) is 43.5 Å². The fourth-order valence-corrected chi connectivity index (χ4v) is 4.12. The topological polar surface area (TPSA) is 81.0 Å². The molecule has 33 heavy (non-hydrogen) atoms. The van der Waals surface area contributed by atoms with E-state index in [0.29, 0.717) is 23.6 Å². The molecule has 1 N–H and O–H groups in total. The van der Waals surface area contributed by atoms with Gasteiger partial charge in [-0.3, -0.25) is 0 Å². The van der Waals surface area contributed by atoms with Crippen molar-refractivity contribution >= 4 is 11.7 Å². The summed E-state index contributed by atoms with van der Waals surface area (Å²) in [7, 11) is 6.84. The van der Waals surface area contributed by atoms with E-state index in [1.807, 2.05) is 63.5 Å². The molecule has 8 nitrogen and oxygen atoms in total. The standard InChI is InChI=1S/C25H29N5O3/c1-15-11-19-12-22(32-5)23(33-6)13-20(19)24(28-30(15)25(31)26-3)18-9-7-17(8-10-18)21-14-27-16(2)29(21)4/h7-10,12-15H,11H2,1-6H3,(H,26,31). The Labute approximate surface area is 193 Å². The summed E-state index contributed by atoms with van der Waals surface area (Å²) >= 11 is 0. The van der Waals surface area contributed by atoms with E-state index in [4.69, 9.17) is 14.6 Å². The second-order valence-electron chi connectivity index (χ2n) is 8.09. The van der Waals surface area contributed by atoms with Crippen molar-refractivity contribution in [2.45, 2.75) is 26.3 Å². The highest BCUT2D eigenvalue weighted by Gasteiger charge is 2.28. The van der Waals surface area contributed by atoms with Crippen LogP contribution in [0.4, 0.5) is 4.79 Å². The summed E-state index contributed by atoms with van der Waals surface area (Å²) in [6.45, 7) is 3.96. The van der Waals surface area contributed by atoms with Crippen molar-refractivity contribution in [3.05, 3.63) is 65.1 Å². The number of benzene rings is 2. The van der Waals surface area contributed by atoms with E-state index < -0.39 is 0 Å². The third-order valence-electron chi connectivity index (χ3n) is 6.10. The highest BCUT2D eigenvalue weighted by molar-refractivity contribution is 6.14. The van der Waals surface area contributed by atoms with Gasteiger partial charge in [-0.15, -0.1) is 0 Å². The molecule has 0 fully saturated rings. The fourth-order valence-electron chi connectivity index (χ4n) is 4.12. The van der Waals surface area contributed by atoms with Crippen molar-refractivity contribution in [2.24, 2.45) is 12.1 Å². The van der Waals surface area contributed by atoms with Gasteiger partial charge in [0.2, 0.25) is 0 Å². The summed E-state index contributed by atoms with van der Waals surface area (Å²) in [6.07, 6.45) is 2.50. The van der Waals surface area contributed by atoms with E-state index in [1.165, 1.54) is 5.01 Å². The zero-order chi connectivity index (χ0) is 23.7. The van der Waals surface area contributed by atoms with Crippen molar-refractivity contribution < 1.29 is 14.3 Å². The number of nitrogens with zero attached hydrogens (tertiary/aromatic N) is 4. The van der Waals surface area contributed by atoms with Gasteiger partial charge in [0, 0.05) is 25.2 Å². The van der Waals surface area contributed by atoms with E-state index in [9.17, 15) is 4.79 Å². The van der Waals surface area contributed by atoms with Crippen molar-refractivity contribution in [1.29, 1.82) is 0 Å². The molecule has 0 spiro atoms. The maximum atomic E-state index is 12.6. The average molecular weight is 448 g/mol. The predicted octanol–water partition coefficient (Wildman–Crippen LogP) is 3.75. The second kappa shape index (κ2) is 8.97. The molecule has 1 aliphatic heterocycles. The number of ether oxygens (including phenoxy) is 2. The Balaban J connectivity index is 1.86. The van der Waals surface area contributed by atoms with Crippen molar-refractivity contribution in [2.75, 3.05) is 21.3 Å². The maximum Gasteiger partial charge on any atom is 0.337 e. The van der Waals surface area contributed by atoms with Crippen LogP contribution < -0.4 is 14.8 Å². The number of rotatable bonds is 4. The Kier molecular flexibility index (Phi) is 6.09. The molecule has 172 valence electrons. The molecule has 3 aromatic rings. The molecular weight excluding hydrogens is 418 g/mol. The maximum absolute atomic E-state index is 12.6. The van der Waals surface area contributed by atoms with Crippen molar-refractivity contribution in [3.63, 3.8) is 0 Å². The molecule has 8 heteroatoms. The monoisotopic (exact) mass is 447 g/mol. The molecule has 1 aromatic heterocycles. The third-order valence-corrected chi connectivity index (χ3v) is 6.10. The lowest BCUT2D eigenvalue weighted by atomic mass is 9.93. The van der Waals surface area contributed by atoms with Gasteiger partial charge < -0.3 is 19.4 Å². The van der Waals surface area contributed by atoms with Crippen LogP contribution in [0.2, 0.25) is 0 Å². The lowest BCUT2D eigenvalue weighted by Gasteiger charge is -2.22. The minimum absolute atomic E-state index is 0.143. The molecule has 0 aliphatic carbocycles. The van der Waals surface area contributed by atoms with Gasteiger partial charge in [0.15, 0.2) is 11.5 Å². The highest BCUT2D eigenvalue weighted by atomic mass is 16.5. The number of carbonyl (C=O) groups excluding carboxylic acids is 1. The zero-order valence-electron chi connectivity index (χ0n) is 19.8. The summed E-state index contributed by atoms with van der Waals surface area (Å²) in [5.41, 5.74) is 5.64. The molecule has 0 radical (unpaired) electrons. The first-order valence-corrected chi connectivity index (χ1v) is 10.8. The smallest absolute Gasteiger partial charge is 0.337 e. The third kappa shape index (κ3) is 4.04. The molecule has 0 saturated heterocycles. The quantitative estimate of drug-likeness (QED) is 0.661. The number of imidazole rings is 1. The molecule has 2 aromatic carbocycles. The number of hydrogen-bond donors (Lipinski definition) is 1. The van der Waals surface area contributed by atoms with Crippen LogP contribution in [-0.4, -0.2) is 53.6 Å². The minimum atomic E-state index is -0.256. The normalized spacial score (nSPS) is 15.4. The Morgan fingerprint density at radius 2 is 1.73 bits per heavy atom. The van der Waals surface area contributed by atoms with E-state index in [1.54, 1.807) is 21.3 Å². The van der Waals surface area contributed by atoms with Crippen molar-refractivity contribution in [1.82, 2.24) is 19.9 Å². The molecule has 1 aliphatic rings. The molecule has 1 atom stereocenters. The first-order valence-electron chi connectivity index (χ1n) is 10.8. The van der Waals surface area contributed by atoms with Gasteiger partial charge >= 0.3 is 6.03 Å². The number of hydrazone groups is 1. The van der Waals surface area contributed by atoms with E-state index >= 15 is 0 Å². The van der Waals surface area contributed by atoms with Crippen LogP contribution in [0, 0.1) is 6.92 Å². The molecule has 0 saturated carbocycles. The second-order valence-corrected chi connectivity index (χ2v) is 8.09. The van der Waals surface area contributed by atoms with E-state index in [2.05, 4.69) is 14.9 Å². The first kappa shape index (κ1) is 22.4. The summed E-state index contributed by atoms with van der Waals surface area (Å²) in [6, 6.07) is 11.7. The number of urea groups is 1. The number of fused-ring (bicyclic) bond motifs is 1. The summed E-state index contributed by atoms with van der Waals surface area (Å²) in [4.78, 5) is 17.0. The van der Waals surface area contributed by atoms with Crippen LogP contribution in [0.5, 0.6) is 11.5 Å². The summed E-state index contributed by atoms with van der Waals surface area (Å²) in [5.74, 6) is 2.22. The number of hydrogen-bond acceptors (Lipinski definition) is 5. The molecule has 2 heterocycles. The molecule has 2 amide bonds. The predicted molar refractivity (Wildman–Crippen MR) is 128 cm³/mol. The van der Waals surface area contributed by atoms with Crippen molar-refractivity contribution in [3.8, 4) is 22.8 Å². The number of aryl methyl sites for hydroxylation is 1. The van der Waals surface area contributed by atoms with Gasteiger partial charge in [0.1, 0.15) is 5.82 Å². The Morgan fingerprint density at radius 3 is 2.30 bits per heavy atom. The van der Waals surface area contributed by atoms with Gasteiger partial charge in [0.05, 0.1) is 37.9 Å². The minimum Gasteiger partial charge on any atom is -0.493 e. The molecular formula is C25H29N5O3. The molecule has 1 unspecified atom stereocenters. The number of methoxy groups -OCH3 is 2. The largest absolute Gasteiger partial charge is 0.493 e. The van der Waals surface area contributed by atoms with Crippen LogP contribution in [0.15, 0.2) is 47.7 Å². The summed E-state index contributed by atoms with van der Waals surface area (Å²) < 4.78 is 13.1. The number of carbonyl (C=O) groups is 1. The molecule has 4 rings (SSSR count). The SMILES string of the molecule is CNC(=O)N1N=C(c2ccc(-c3cnc(C)n3C)cc2)c2cc(OC)c(OC)cc2CC1C. The van der Waals surface area contributed by atoms with Crippen LogP contribution in [0.25, 0.3) is 11.3 Å². The summed E-state index contributed by atoms with van der Waals surface area (Å²) in [5, 5.41) is 9.02. The fraction of sp³-hybridized carbons (Fsp3) is 0.320.